The molecule has 220 valence electrons. The molecule has 0 saturated heterocycles. The fourth-order valence-electron chi connectivity index (χ4n) is 4.91. The van der Waals surface area contributed by atoms with E-state index in [9.17, 15) is 38.8 Å². The van der Waals surface area contributed by atoms with Crippen molar-refractivity contribution in [3.05, 3.63) is 88.3 Å². The predicted molar refractivity (Wildman–Crippen MR) is 139 cm³/mol. The molecule has 1 aliphatic carbocycles. The molecule has 0 heterocycles. The quantitative estimate of drug-likeness (QED) is 0.187. The summed E-state index contributed by atoms with van der Waals surface area (Å²) in [5, 5.41) is -5.62. The van der Waals surface area contributed by atoms with Gasteiger partial charge in [0.2, 0.25) is 6.17 Å². The van der Waals surface area contributed by atoms with E-state index < -0.39 is 60.0 Å². The van der Waals surface area contributed by atoms with Crippen LogP contribution < -0.4 is 4.18 Å². The minimum absolute atomic E-state index is 0.00806. The molecular weight excluding hydrogens is 598 g/mol. The van der Waals surface area contributed by atoms with Gasteiger partial charge in [-0.2, -0.15) is 34.4 Å². The average molecular weight is 621 g/mol. The van der Waals surface area contributed by atoms with Gasteiger partial charge in [-0.1, -0.05) is 60.7 Å². The molecule has 0 fully saturated rings. The number of rotatable bonds is 6. The summed E-state index contributed by atoms with van der Waals surface area (Å²) in [5.41, 5.74) is 2.30. The monoisotopic (exact) mass is 620 g/mol. The van der Waals surface area contributed by atoms with Crippen LogP contribution in [0.2, 0.25) is 0 Å². The first-order chi connectivity index (χ1) is 18.8. The van der Waals surface area contributed by atoms with Crippen LogP contribution in [0.15, 0.2) is 71.6 Å². The average Bonchev–Trinajstić information content (AvgIpc) is 2.89. The third-order valence-corrected chi connectivity index (χ3v) is 9.31. The van der Waals surface area contributed by atoms with Gasteiger partial charge in [-0.3, -0.25) is 4.55 Å². The summed E-state index contributed by atoms with van der Waals surface area (Å²) in [6.07, 6.45) is -5.54. The lowest BCUT2D eigenvalue weighted by molar-refractivity contribution is -0.265. The van der Waals surface area contributed by atoms with Gasteiger partial charge >= 0.3 is 27.0 Å². The molecule has 0 aliphatic heterocycles. The summed E-state index contributed by atoms with van der Waals surface area (Å²) in [4.78, 5) is -2.59. The van der Waals surface area contributed by atoms with E-state index >= 15 is 4.39 Å². The van der Waals surface area contributed by atoms with Gasteiger partial charge in [-0.25, -0.2) is 8.78 Å². The standard InChI is InChI=1S/C27H22F6O6S2/c1-15-21(18-10-6-4-7-11-18)16(2)23(17(3)22(15)19-12-8-5-9-13-19)39-41(37,38)25(29)14-20(40(34,35)36)24(28)26(30,31)27(25,32)33/h4-14,24H,1-3H3,(H,34,35,36). The minimum Gasteiger partial charge on any atom is -0.379 e. The van der Waals surface area contributed by atoms with Crippen molar-refractivity contribution < 1.29 is 51.9 Å². The summed E-state index contributed by atoms with van der Waals surface area (Å²) in [6, 6.07) is 16.6. The molecule has 2 unspecified atom stereocenters. The smallest absolute Gasteiger partial charge is 0.368 e. The van der Waals surface area contributed by atoms with Gasteiger partial charge in [0.05, 0.1) is 0 Å². The maximum absolute atomic E-state index is 15.9. The topological polar surface area (TPSA) is 97.7 Å². The van der Waals surface area contributed by atoms with Crippen LogP contribution in [0.1, 0.15) is 16.7 Å². The Hall–Kier alpha value is -3.36. The van der Waals surface area contributed by atoms with E-state index in [2.05, 4.69) is 0 Å². The molecule has 3 aromatic rings. The Bertz CT molecular complexity index is 1690. The number of alkyl halides is 6. The molecule has 2 atom stereocenters. The van der Waals surface area contributed by atoms with Crippen LogP contribution in [-0.2, 0) is 20.2 Å². The van der Waals surface area contributed by atoms with Crippen LogP contribution in [0.3, 0.4) is 0 Å². The van der Waals surface area contributed by atoms with E-state index in [1.165, 1.54) is 13.8 Å². The summed E-state index contributed by atoms with van der Waals surface area (Å²) < 4.78 is 152. The SMILES string of the molecule is Cc1c(OS(=O)(=O)C2(F)C=C(S(=O)(=O)O)C(F)C(F)(F)C2(F)F)c(C)c(-c2ccccc2)c(C)c1-c1ccccc1. The second kappa shape index (κ2) is 9.88. The lowest BCUT2D eigenvalue weighted by atomic mass is 9.85. The lowest BCUT2D eigenvalue weighted by Gasteiger charge is -2.40. The zero-order valence-corrected chi connectivity index (χ0v) is 23.1. The second-order valence-corrected chi connectivity index (χ2v) is 12.5. The van der Waals surface area contributed by atoms with E-state index in [0.717, 1.165) is 0 Å². The van der Waals surface area contributed by atoms with Gasteiger partial charge < -0.3 is 4.18 Å². The van der Waals surface area contributed by atoms with Crippen molar-refractivity contribution in [1.29, 1.82) is 0 Å². The maximum atomic E-state index is 15.9. The molecule has 6 nitrogen and oxygen atoms in total. The van der Waals surface area contributed by atoms with E-state index in [0.29, 0.717) is 27.8 Å². The highest BCUT2D eigenvalue weighted by Gasteiger charge is 2.82. The maximum Gasteiger partial charge on any atom is 0.368 e. The van der Waals surface area contributed by atoms with Crippen molar-refractivity contribution in [3.63, 3.8) is 0 Å². The molecule has 4 rings (SSSR count). The largest absolute Gasteiger partial charge is 0.379 e. The van der Waals surface area contributed by atoms with Crippen molar-refractivity contribution in [3.8, 4) is 28.0 Å². The van der Waals surface area contributed by atoms with Crippen molar-refractivity contribution in [2.45, 2.75) is 43.8 Å². The molecular formula is C27H22F6O6S2. The third-order valence-electron chi connectivity index (χ3n) is 6.90. The first-order valence-electron chi connectivity index (χ1n) is 11.8. The summed E-state index contributed by atoms with van der Waals surface area (Å²) in [6.45, 7) is 4.35. The van der Waals surface area contributed by atoms with Crippen LogP contribution in [0, 0.1) is 20.8 Å². The van der Waals surface area contributed by atoms with Crippen molar-refractivity contribution in [2.75, 3.05) is 0 Å². The van der Waals surface area contributed by atoms with Crippen LogP contribution in [0.4, 0.5) is 26.3 Å². The summed E-state index contributed by atoms with van der Waals surface area (Å²) in [5.74, 6) is -13.3. The fraction of sp³-hybridized carbons (Fsp3) is 0.259. The Kier molecular flexibility index (Phi) is 7.37. The number of allylic oxidation sites excluding steroid dienone is 1. The molecule has 1 N–H and O–H groups in total. The van der Waals surface area contributed by atoms with Gasteiger partial charge in [0.25, 0.3) is 10.1 Å². The first kappa shape index (κ1) is 30.6. The van der Waals surface area contributed by atoms with Gasteiger partial charge in [0, 0.05) is 11.1 Å². The second-order valence-electron chi connectivity index (χ2n) is 9.45. The first-order valence-corrected chi connectivity index (χ1v) is 14.6. The van der Waals surface area contributed by atoms with Crippen LogP contribution in [0.5, 0.6) is 5.75 Å². The van der Waals surface area contributed by atoms with E-state index in [1.807, 2.05) is 0 Å². The fourth-order valence-corrected chi connectivity index (χ4v) is 7.02. The van der Waals surface area contributed by atoms with Gasteiger partial charge in [-0.15, -0.1) is 0 Å². The number of hydrogen-bond donors (Lipinski definition) is 1. The molecule has 0 saturated carbocycles. The number of hydrogen-bond acceptors (Lipinski definition) is 5. The third kappa shape index (κ3) is 4.61. The molecule has 0 spiro atoms. The van der Waals surface area contributed by atoms with Crippen LogP contribution in [0.25, 0.3) is 22.3 Å². The molecule has 0 bridgehead atoms. The van der Waals surface area contributed by atoms with E-state index in [4.69, 9.17) is 8.74 Å². The highest BCUT2D eigenvalue weighted by Crippen LogP contribution is 2.57. The van der Waals surface area contributed by atoms with Crippen molar-refractivity contribution in [2.24, 2.45) is 0 Å². The van der Waals surface area contributed by atoms with Crippen molar-refractivity contribution in [1.82, 2.24) is 0 Å². The van der Waals surface area contributed by atoms with Crippen LogP contribution in [-0.4, -0.2) is 44.4 Å². The Morgan fingerprint density at radius 3 is 1.54 bits per heavy atom. The van der Waals surface area contributed by atoms with Gasteiger partial charge in [0.15, 0.2) is 0 Å². The molecule has 41 heavy (non-hydrogen) atoms. The molecule has 0 radical (unpaired) electrons. The highest BCUT2D eigenvalue weighted by atomic mass is 32.2. The predicted octanol–water partition coefficient (Wildman–Crippen LogP) is 6.71. The summed E-state index contributed by atoms with van der Waals surface area (Å²) >= 11 is 0. The minimum atomic E-state index is -6.60. The number of halogens is 6. The molecule has 0 aromatic heterocycles. The zero-order chi connectivity index (χ0) is 30.8. The summed E-state index contributed by atoms with van der Waals surface area (Å²) in [7, 11) is -12.7. The zero-order valence-electron chi connectivity index (χ0n) is 21.5. The molecule has 0 amide bonds. The Morgan fingerprint density at radius 1 is 0.732 bits per heavy atom. The molecule has 1 aliphatic rings. The Balaban J connectivity index is 2.04. The molecule has 3 aromatic carbocycles. The van der Waals surface area contributed by atoms with E-state index in [-0.39, 0.29) is 11.1 Å². The molecule has 14 heteroatoms. The normalized spacial score (nSPS) is 22.2. The number of benzene rings is 3. The van der Waals surface area contributed by atoms with Crippen LogP contribution >= 0.6 is 0 Å². The van der Waals surface area contributed by atoms with Gasteiger partial charge in [0.1, 0.15) is 10.7 Å². The lowest BCUT2D eigenvalue weighted by Crippen LogP contribution is -2.66. The van der Waals surface area contributed by atoms with Gasteiger partial charge in [-0.05, 0) is 54.7 Å². The highest BCUT2D eigenvalue weighted by molar-refractivity contribution is 7.90. The van der Waals surface area contributed by atoms with E-state index in [1.54, 1.807) is 67.6 Å². The Labute approximate surface area is 232 Å². The Morgan fingerprint density at radius 2 is 1.15 bits per heavy atom. The van der Waals surface area contributed by atoms with Crippen molar-refractivity contribution >= 4 is 20.2 Å².